The van der Waals surface area contributed by atoms with E-state index < -0.39 is 37.0 Å². The van der Waals surface area contributed by atoms with Crippen LogP contribution in [0, 0.1) is 31.1 Å². The quantitative estimate of drug-likeness (QED) is 0.238. The predicted octanol–water partition coefficient (Wildman–Crippen LogP) is 9.56. The zero-order valence-electron chi connectivity index (χ0n) is 23.1. The van der Waals surface area contributed by atoms with E-state index in [1.165, 1.54) is 12.1 Å². The molecule has 7 atom stereocenters. The molecule has 2 nitrogen and oxygen atoms in total. The van der Waals surface area contributed by atoms with Crippen LogP contribution in [0.4, 0.5) is 13.2 Å². The van der Waals surface area contributed by atoms with E-state index >= 15 is 0 Å². The molecule has 0 N–H and O–H groups in total. The summed E-state index contributed by atoms with van der Waals surface area (Å²) in [6, 6.07) is 5.63. The summed E-state index contributed by atoms with van der Waals surface area (Å²) in [5, 5.41) is 5.22. The Labute approximate surface area is 254 Å². The number of rotatable bonds is 3. The second-order valence-electron chi connectivity index (χ2n) is 11.3. The third-order valence-corrected chi connectivity index (χ3v) is 13.5. The fourth-order valence-electron chi connectivity index (χ4n) is 7.75. The molecule has 1 aromatic rings. The molecule has 5 unspecified atom stereocenters. The summed E-state index contributed by atoms with van der Waals surface area (Å²) in [6.07, 6.45) is 20.6. The van der Waals surface area contributed by atoms with Gasteiger partial charge < -0.3 is 17.3 Å². The molecule has 5 aliphatic rings. The molecule has 0 amide bonds. The summed E-state index contributed by atoms with van der Waals surface area (Å²) in [6.45, 7) is 7.21. The zero-order chi connectivity index (χ0) is 27.9. The first-order valence-electron chi connectivity index (χ1n) is 13.3. The van der Waals surface area contributed by atoms with Gasteiger partial charge in [-0.3, -0.25) is 0 Å². The molecule has 1 saturated heterocycles. The number of halogens is 5. The van der Waals surface area contributed by atoms with E-state index in [1.54, 1.807) is 12.1 Å². The second kappa shape index (κ2) is 12.6. The fraction of sp³-hybridized carbons (Fsp3) is 0.387. The molecule has 0 bridgehead atoms. The van der Waals surface area contributed by atoms with Gasteiger partial charge in [0.25, 0.3) is 0 Å². The van der Waals surface area contributed by atoms with Crippen molar-refractivity contribution in [3.8, 4) is 0 Å². The fourth-order valence-corrected chi connectivity index (χ4v) is 12.7. The molecule has 0 spiro atoms. The van der Waals surface area contributed by atoms with E-state index in [2.05, 4.69) is 85.3 Å². The van der Waals surface area contributed by atoms with E-state index in [0.717, 1.165) is 11.1 Å². The van der Waals surface area contributed by atoms with Gasteiger partial charge >= 0.3 is 41.8 Å². The predicted molar refractivity (Wildman–Crippen MR) is 161 cm³/mol. The van der Waals surface area contributed by atoms with Crippen molar-refractivity contribution < 1.29 is 30.2 Å². The van der Waals surface area contributed by atoms with E-state index in [-0.39, 0.29) is 25.7 Å². The maximum atomic E-state index is 13.1. The van der Waals surface area contributed by atoms with Crippen molar-refractivity contribution in [2.75, 3.05) is 0 Å². The van der Waals surface area contributed by atoms with Crippen molar-refractivity contribution in [1.82, 2.24) is 4.57 Å². The minimum atomic E-state index is -4.33. The van der Waals surface area contributed by atoms with Crippen molar-refractivity contribution in [3.05, 3.63) is 115 Å². The summed E-state index contributed by atoms with van der Waals surface area (Å²) in [7, 11) is 7.73. The van der Waals surface area contributed by atoms with Gasteiger partial charge in [-0.2, -0.15) is 13.2 Å². The summed E-state index contributed by atoms with van der Waals surface area (Å²) in [4.78, 5) is 0. The number of hydrogen-bond donors (Lipinski definition) is 0. The zero-order valence-corrected chi connectivity index (χ0v) is 27.1. The van der Waals surface area contributed by atoms with Crippen molar-refractivity contribution >= 4 is 32.4 Å². The van der Waals surface area contributed by atoms with Crippen LogP contribution in [0.15, 0.2) is 91.1 Å². The van der Waals surface area contributed by atoms with Gasteiger partial charge in [0.15, 0.2) is 0 Å². The summed E-state index contributed by atoms with van der Waals surface area (Å²) in [5.74, 6) is 2.10. The molecule has 214 valence electrons. The van der Waals surface area contributed by atoms with Crippen LogP contribution in [-0.2, 0) is 23.2 Å². The monoisotopic (exact) mass is 638 g/mol. The Kier molecular flexibility index (Phi) is 10.0. The van der Waals surface area contributed by atoms with Gasteiger partial charge in [-0.25, -0.2) is 0 Å². The number of alkyl halides is 3. The SMILES string of the molecule is C[C@H]1[N-]C2C(c3ccc(C(F)(F)F)cc3)=CC=C[C@H]2N1[Si](C)(C)C1C2C=CC=CC2C2C=CC=CC21.[CH3-].[Cl][Ti][Cl]. The van der Waals surface area contributed by atoms with Crippen molar-refractivity contribution in [2.45, 2.75) is 50.0 Å². The van der Waals surface area contributed by atoms with Crippen LogP contribution in [0.1, 0.15) is 18.1 Å². The molecule has 1 aliphatic heterocycles. The molecule has 1 saturated carbocycles. The summed E-state index contributed by atoms with van der Waals surface area (Å²) < 4.78 is 42.1. The Hall–Kier alpha value is -1.12. The number of fused-ring (bicyclic) bond motifs is 4. The number of benzene rings is 1. The van der Waals surface area contributed by atoms with Gasteiger partial charge in [0.2, 0.25) is 0 Å². The Morgan fingerprint density at radius 2 is 1.32 bits per heavy atom. The van der Waals surface area contributed by atoms with Gasteiger partial charge in [0.1, 0.15) is 8.24 Å². The molecule has 4 aliphatic carbocycles. The van der Waals surface area contributed by atoms with Crippen LogP contribution in [0.25, 0.3) is 10.9 Å². The molecular weight excluding hydrogens is 604 g/mol. The van der Waals surface area contributed by atoms with Crippen LogP contribution in [0.5, 0.6) is 0 Å². The van der Waals surface area contributed by atoms with Gasteiger partial charge in [0, 0.05) is 6.04 Å². The molecule has 1 aromatic carbocycles. The van der Waals surface area contributed by atoms with Crippen LogP contribution >= 0.6 is 18.6 Å². The van der Waals surface area contributed by atoms with Crippen molar-refractivity contribution in [2.24, 2.45) is 23.7 Å². The standard InChI is InChI=1S/C30H32F3N2Si.CH3.2ClH.Ti/c1-19-34-28-22(20-15-17-21(18-16-20)30(31,32)33)13-8-14-27(28)35(19)36(2,3)29-25-11-6-4-9-23(25)24-10-5-7-12-26(24)29;;;;/h4-19,23-29H,1-3H3;1H3;2*1H;/q2*-1;;;+2/p-2/t19-,23?,24?,25?,26?,27+,28?,29?;;;;/m0..../s1. The Morgan fingerprint density at radius 1 is 0.825 bits per heavy atom. The van der Waals surface area contributed by atoms with E-state index in [0.29, 0.717) is 29.2 Å². The molecule has 40 heavy (non-hydrogen) atoms. The van der Waals surface area contributed by atoms with Crippen LogP contribution < -0.4 is 0 Å². The Bertz CT molecular complexity index is 1200. The van der Waals surface area contributed by atoms with Crippen LogP contribution in [0.3, 0.4) is 0 Å². The van der Waals surface area contributed by atoms with Gasteiger partial charge in [-0.15, -0.1) is 0 Å². The summed E-state index contributed by atoms with van der Waals surface area (Å²) >= 11 is -0.556. The number of hydrogen-bond acceptors (Lipinski definition) is 1. The van der Waals surface area contributed by atoms with Gasteiger partial charge in [0.05, 0.1) is 5.56 Å². The van der Waals surface area contributed by atoms with Crippen molar-refractivity contribution in [3.63, 3.8) is 0 Å². The van der Waals surface area contributed by atoms with E-state index in [4.69, 9.17) is 23.9 Å². The molecule has 0 aromatic heterocycles. The minimum absolute atomic E-state index is 0. The third kappa shape index (κ3) is 5.75. The molecular formula is C31H35Cl2F3N2SiTi-2. The molecule has 2 fully saturated rings. The Balaban J connectivity index is 0.000000886. The third-order valence-electron chi connectivity index (χ3n) is 9.07. The van der Waals surface area contributed by atoms with Crippen LogP contribution in [0.2, 0.25) is 18.6 Å². The average Bonchev–Trinajstić information content (AvgIpc) is 3.44. The van der Waals surface area contributed by atoms with Crippen LogP contribution in [-0.4, -0.2) is 31.1 Å². The Morgan fingerprint density at radius 3 is 1.82 bits per heavy atom. The number of allylic oxidation sites excluding steroid dienone is 10. The first-order chi connectivity index (χ1) is 18.6. The molecule has 6 rings (SSSR count). The van der Waals surface area contributed by atoms with E-state index in [1.807, 2.05) is 6.08 Å². The molecule has 9 heteroatoms. The van der Waals surface area contributed by atoms with Gasteiger partial charge in [-0.05, 0) is 46.9 Å². The van der Waals surface area contributed by atoms with E-state index in [9.17, 15) is 13.2 Å². The number of nitrogens with zero attached hydrogens (tertiary/aromatic N) is 2. The first kappa shape index (κ1) is 31.8. The molecule has 0 radical (unpaired) electrons. The second-order valence-corrected chi connectivity index (χ2v) is 18.4. The first-order valence-corrected chi connectivity index (χ1v) is 20.6. The summed E-state index contributed by atoms with van der Waals surface area (Å²) in [5.41, 5.74) is 1.77. The average molecular weight is 639 g/mol. The maximum absolute atomic E-state index is 13.1. The van der Waals surface area contributed by atoms with Gasteiger partial charge in [-0.1, -0.05) is 117 Å². The molecule has 1 heterocycles. The van der Waals surface area contributed by atoms with Crippen molar-refractivity contribution in [1.29, 1.82) is 0 Å². The topological polar surface area (TPSA) is 17.3 Å². The normalized spacial score (nSPS) is 33.8.